The van der Waals surface area contributed by atoms with Crippen LogP contribution in [0.3, 0.4) is 0 Å². The summed E-state index contributed by atoms with van der Waals surface area (Å²) in [6.07, 6.45) is 2.72. The molecule has 0 spiro atoms. The number of aryl methyl sites for hydroxylation is 1. The Bertz CT molecular complexity index is 988. The van der Waals surface area contributed by atoms with Gasteiger partial charge in [0.05, 0.1) is 16.1 Å². The van der Waals surface area contributed by atoms with Gasteiger partial charge in [0.2, 0.25) is 0 Å². The van der Waals surface area contributed by atoms with Crippen LogP contribution in [0.15, 0.2) is 41.6 Å². The molecule has 0 fully saturated rings. The molecule has 0 radical (unpaired) electrons. The van der Waals surface area contributed by atoms with Crippen molar-refractivity contribution in [2.24, 2.45) is 0 Å². The highest BCUT2D eigenvalue weighted by Gasteiger charge is 2.28. The summed E-state index contributed by atoms with van der Waals surface area (Å²) in [5.74, 6) is -0.751. The van der Waals surface area contributed by atoms with Gasteiger partial charge in [0, 0.05) is 12.4 Å². The van der Waals surface area contributed by atoms with Crippen LogP contribution < -0.4 is 14.8 Å². The van der Waals surface area contributed by atoms with E-state index < -0.39 is 22.0 Å². The van der Waals surface area contributed by atoms with Crippen molar-refractivity contribution in [2.45, 2.75) is 31.3 Å². The molecule has 1 aromatic heterocycles. The maximum atomic E-state index is 12.5. The SMILES string of the molecule is CC[C@@H]1Oc2ccc(S(=O)(=O)NC(=O)c3cncc(C)c3)cc2NC1=O. The van der Waals surface area contributed by atoms with Crippen LogP contribution in [-0.2, 0) is 14.8 Å². The molecule has 8 nitrogen and oxygen atoms in total. The lowest BCUT2D eigenvalue weighted by Gasteiger charge is -2.25. The summed E-state index contributed by atoms with van der Waals surface area (Å²) >= 11 is 0. The normalized spacial score (nSPS) is 16.2. The number of sulfonamides is 1. The molecule has 26 heavy (non-hydrogen) atoms. The van der Waals surface area contributed by atoms with Crippen molar-refractivity contribution in [3.63, 3.8) is 0 Å². The second-order valence-electron chi connectivity index (χ2n) is 5.85. The topological polar surface area (TPSA) is 114 Å². The molecular weight excluding hydrogens is 358 g/mol. The highest BCUT2D eigenvalue weighted by molar-refractivity contribution is 7.90. The molecule has 1 aliphatic heterocycles. The van der Waals surface area contributed by atoms with Gasteiger partial charge in [0.25, 0.3) is 21.8 Å². The number of rotatable bonds is 4. The van der Waals surface area contributed by atoms with Crippen molar-refractivity contribution in [1.82, 2.24) is 9.71 Å². The van der Waals surface area contributed by atoms with Crippen molar-refractivity contribution in [3.05, 3.63) is 47.8 Å². The van der Waals surface area contributed by atoms with E-state index >= 15 is 0 Å². The van der Waals surface area contributed by atoms with Crippen molar-refractivity contribution in [3.8, 4) is 5.75 Å². The molecule has 9 heteroatoms. The minimum Gasteiger partial charge on any atom is -0.478 e. The van der Waals surface area contributed by atoms with E-state index in [9.17, 15) is 18.0 Å². The van der Waals surface area contributed by atoms with Crippen molar-refractivity contribution in [2.75, 3.05) is 5.32 Å². The van der Waals surface area contributed by atoms with E-state index in [0.29, 0.717) is 12.2 Å². The number of ether oxygens (including phenoxy) is 1. The Balaban J connectivity index is 1.85. The van der Waals surface area contributed by atoms with Gasteiger partial charge < -0.3 is 10.1 Å². The Hall–Kier alpha value is -2.94. The lowest BCUT2D eigenvalue weighted by molar-refractivity contribution is -0.123. The number of hydrogen-bond donors (Lipinski definition) is 2. The number of hydrogen-bond acceptors (Lipinski definition) is 6. The molecule has 136 valence electrons. The standard InChI is InChI=1S/C17H17N3O5S/c1-3-14-17(22)19-13-7-12(4-5-15(13)25-14)26(23,24)20-16(21)11-6-10(2)8-18-9-11/h4-9,14H,3H2,1-2H3,(H,19,22)(H,20,21)/t14-/m0/s1. The number of carbonyl (C=O) groups excluding carboxylic acids is 2. The van der Waals surface area contributed by atoms with Gasteiger partial charge in [-0.3, -0.25) is 14.6 Å². The van der Waals surface area contributed by atoms with E-state index in [1.807, 2.05) is 11.6 Å². The number of amides is 2. The highest BCUT2D eigenvalue weighted by Crippen LogP contribution is 2.32. The molecule has 0 unspecified atom stereocenters. The molecule has 1 aromatic carbocycles. The number of nitrogens with one attached hydrogen (secondary N) is 2. The van der Waals surface area contributed by atoms with Crippen LogP contribution in [0.2, 0.25) is 0 Å². The lowest BCUT2D eigenvalue weighted by atomic mass is 10.2. The van der Waals surface area contributed by atoms with Crippen LogP contribution in [0.25, 0.3) is 0 Å². The van der Waals surface area contributed by atoms with Crippen LogP contribution in [0.4, 0.5) is 5.69 Å². The third-order valence-corrected chi connectivity index (χ3v) is 5.14. The number of carbonyl (C=O) groups is 2. The third-order valence-electron chi connectivity index (χ3n) is 3.82. The summed E-state index contributed by atoms with van der Waals surface area (Å²) in [5, 5.41) is 2.61. The summed E-state index contributed by atoms with van der Waals surface area (Å²) in [4.78, 5) is 27.8. The Morgan fingerprint density at radius 3 is 2.77 bits per heavy atom. The van der Waals surface area contributed by atoms with Gasteiger partial charge >= 0.3 is 0 Å². The fraction of sp³-hybridized carbons (Fsp3) is 0.235. The van der Waals surface area contributed by atoms with Crippen LogP contribution in [0.5, 0.6) is 5.75 Å². The smallest absolute Gasteiger partial charge is 0.266 e. The number of fused-ring (bicyclic) bond motifs is 1. The molecule has 0 aliphatic carbocycles. The number of pyridine rings is 1. The largest absolute Gasteiger partial charge is 0.478 e. The Morgan fingerprint density at radius 2 is 2.08 bits per heavy atom. The Labute approximate surface area is 150 Å². The highest BCUT2D eigenvalue weighted by atomic mass is 32.2. The third kappa shape index (κ3) is 3.52. The number of aromatic nitrogens is 1. The zero-order valence-corrected chi connectivity index (χ0v) is 15.0. The molecule has 2 heterocycles. The van der Waals surface area contributed by atoms with Crippen molar-refractivity contribution in [1.29, 1.82) is 0 Å². The molecule has 3 rings (SSSR count). The van der Waals surface area contributed by atoms with Gasteiger partial charge in [0.15, 0.2) is 6.10 Å². The molecule has 0 saturated heterocycles. The van der Waals surface area contributed by atoms with Gasteiger partial charge in [-0.25, -0.2) is 13.1 Å². The van der Waals surface area contributed by atoms with Crippen LogP contribution >= 0.6 is 0 Å². The molecule has 1 atom stereocenters. The van der Waals surface area contributed by atoms with Gasteiger partial charge in [-0.15, -0.1) is 0 Å². The Kier molecular flexibility index (Phi) is 4.64. The molecular formula is C17H17N3O5S. The monoisotopic (exact) mass is 375 g/mol. The lowest BCUT2D eigenvalue weighted by Crippen LogP contribution is -2.36. The molecule has 2 N–H and O–H groups in total. The first kappa shape index (κ1) is 17.9. The zero-order chi connectivity index (χ0) is 18.9. The van der Waals surface area contributed by atoms with E-state index in [4.69, 9.17) is 4.74 Å². The fourth-order valence-corrected chi connectivity index (χ4v) is 3.48. The summed E-state index contributed by atoms with van der Waals surface area (Å²) in [5.41, 5.74) is 1.11. The van der Waals surface area contributed by atoms with E-state index in [-0.39, 0.29) is 22.1 Å². The van der Waals surface area contributed by atoms with Gasteiger partial charge in [-0.2, -0.15) is 0 Å². The van der Waals surface area contributed by atoms with Crippen LogP contribution in [0.1, 0.15) is 29.3 Å². The minimum absolute atomic E-state index is 0.133. The van der Waals surface area contributed by atoms with Crippen molar-refractivity contribution < 1.29 is 22.7 Å². The van der Waals surface area contributed by atoms with Gasteiger partial charge in [0.1, 0.15) is 5.75 Å². The molecule has 2 amide bonds. The molecule has 0 saturated carbocycles. The number of anilines is 1. The predicted octanol–water partition coefficient (Wildman–Crippen LogP) is 1.62. The first-order valence-electron chi connectivity index (χ1n) is 7.90. The van der Waals surface area contributed by atoms with Crippen molar-refractivity contribution >= 4 is 27.5 Å². The van der Waals surface area contributed by atoms with Crippen LogP contribution in [0, 0.1) is 6.92 Å². The zero-order valence-electron chi connectivity index (χ0n) is 14.1. The van der Waals surface area contributed by atoms with E-state index in [1.165, 1.54) is 30.5 Å². The van der Waals surface area contributed by atoms with E-state index in [1.54, 1.807) is 13.1 Å². The first-order chi connectivity index (χ1) is 12.3. The summed E-state index contributed by atoms with van der Waals surface area (Å²) in [6, 6.07) is 5.55. The second-order valence-corrected chi connectivity index (χ2v) is 7.53. The van der Waals surface area contributed by atoms with Gasteiger partial charge in [-0.05, 0) is 43.2 Å². The Morgan fingerprint density at radius 1 is 1.31 bits per heavy atom. The van der Waals surface area contributed by atoms with E-state index in [0.717, 1.165) is 5.56 Å². The summed E-state index contributed by atoms with van der Waals surface area (Å²) in [7, 11) is -4.12. The molecule has 0 bridgehead atoms. The maximum absolute atomic E-state index is 12.5. The van der Waals surface area contributed by atoms with Gasteiger partial charge in [-0.1, -0.05) is 6.92 Å². The second kappa shape index (κ2) is 6.75. The molecule has 2 aromatic rings. The minimum atomic E-state index is -4.12. The summed E-state index contributed by atoms with van der Waals surface area (Å²) in [6.45, 7) is 3.55. The average molecular weight is 375 g/mol. The molecule has 1 aliphatic rings. The maximum Gasteiger partial charge on any atom is 0.266 e. The van der Waals surface area contributed by atoms with E-state index in [2.05, 4.69) is 10.3 Å². The summed E-state index contributed by atoms with van der Waals surface area (Å²) < 4.78 is 32.5. The first-order valence-corrected chi connectivity index (χ1v) is 9.39. The fourth-order valence-electron chi connectivity index (χ4n) is 2.48. The quantitative estimate of drug-likeness (QED) is 0.839. The average Bonchev–Trinajstić information content (AvgIpc) is 2.60. The predicted molar refractivity (Wildman–Crippen MR) is 93.4 cm³/mol. The van der Waals surface area contributed by atoms with Crippen LogP contribution in [-0.4, -0.2) is 31.3 Å². The number of benzene rings is 1. The number of nitrogens with zero attached hydrogens (tertiary/aromatic N) is 1.